The molecule has 0 saturated heterocycles. The summed E-state index contributed by atoms with van der Waals surface area (Å²) in [7, 11) is 0. The van der Waals surface area contributed by atoms with Crippen molar-refractivity contribution in [3.8, 4) is 0 Å². The van der Waals surface area contributed by atoms with E-state index in [-0.39, 0.29) is 13.7 Å². The second-order valence-electron chi connectivity index (χ2n) is 1.87. The Labute approximate surface area is 64.9 Å². The van der Waals surface area contributed by atoms with Gasteiger partial charge in [-0.3, -0.25) is 0 Å². The largest absolute Gasteiger partial charge is 0.394 e. The molecule has 0 aromatic rings. The molecule has 0 fully saturated rings. The molecule has 0 aromatic carbocycles. The zero-order chi connectivity index (χ0) is 8.15. The van der Waals surface area contributed by atoms with Gasteiger partial charge in [-0.05, 0) is 0 Å². The molecule has 4 radical (unpaired) electrons. The van der Waals surface area contributed by atoms with Crippen LogP contribution in [0.15, 0.2) is 0 Å². The number of hydrogen-bond acceptors (Lipinski definition) is 5. The smallest absolute Gasteiger partial charge is 0.151 e. The molecule has 64 valence electrons. The SMILES string of the molecule is O=C[C@@H](O)[C@H](O)[C@H](O)CO.[C]. The maximum atomic E-state index is 9.76. The van der Waals surface area contributed by atoms with Gasteiger partial charge in [-0.1, -0.05) is 0 Å². The van der Waals surface area contributed by atoms with Crippen LogP contribution < -0.4 is 0 Å². The van der Waals surface area contributed by atoms with Crippen LogP contribution in [0.2, 0.25) is 0 Å². The number of aldehydes is 1. The van der Waals surface area contributed by atoms with E-state index in [1.165, 1.54) is 0 Å². The second-order valence-corrected chi connectivity index (χ2v) is 1.87. The molecular weight excluding hydrogens is 152 g/mol. The molecule has 11 heavy (non-hydrogen) atoms. The first-order valence-electron chi connectivity index (χ1n) is 2.73. The highest BCUT2D eigenvalue weighted by Gasteiger charge is 2.22. The highest BCUT2D eigenvalue weighted by Crippen LogP contribution is 1.96. The number of aliphatic hydroxyl groups excluding tert-OH is 4. The van der Waals surface area contributed by atoms with Gasteiger partial charge in [0.05, 0.1) is 6.61 Å². The Hall–Kier alpha value is -0.490. The molecule has 0 spiro atoms. The molecule has 0 aliphatic heterocycles. The van der Waals surface area contributed by atoms with Crippen LogP contribution in [0.3, 0.4) is 0 Å². The van der Waals surface area contributed by atoms with E-state index in [0.29, 0.717) is 0 Å². The lowest BCUT2D eigenvalue weighted by atomic mass is 10.1. The molecule has 0 bridgehead atoms. The quantitative estimate of drug-likeness (QED) is 0.338. The summed E-state index contributed by atoms with van der Waals surface area (Å²) >= 11 is 0. The fourth-order valence-electron chi connectivity index (χ4n) is 0.416. The Balaban J connectivity index is 0. The zero-order valence-electron chi connectivity index (χ0n) is 5.71. The summed E-state index contributed by atoms with van der Waals surface area (Å²) in [5, 5.41) is 34.1. The van der Waals surface area contributed by atoms with E-state index in [0.717, 1.165) is 0 Å². The maximum absolute atomic E-state index is 9.76. The molecule has 0 unspecified atom stereocenters. The van der Waals surface area contributed by atoms with Gasteiger partial charge in [0, 0.05) is 7.43 Å². The standard InChI is InChI=1S/C5H10O5.C/c6-1-3(8)5(10)4(9)2-7;/h1,3-5,7-10H,2H2;/t3-,4-,5+;/m1./s1. The molecule has 0 aliphatic rings. The van der Waals surface area contributed by atoms with Gasteiger partial charge in [-0.15, -0.1) is 0 Å². The summed E-state index contributed by atoms with van der Waals surface area (Å²) in [5.41, 5.74) is 0. The lowest BCUT2D eigenvalue weighted by molar-refractivity contribution is -0.127. The van der Waals surface area contributed by atoms with Crippen molar-refractivity contribution in [1.29, 1.82) is 0 Å². The van der Waals surface area contributed by atoms with Crippen molar-refractivity contribution in [1.82, 2.24) is 0 Å². The monoisotopic (exact) mass is 162 g/mol. The molecular formula is C6H10O5. The summed E-state index contributed by atoms with van der Waals surface area (Å²) in [4.78, 5) is 9.76. The highest BCUT2D eigenvalue weighted by molar-refractivity contribution is 5.56. The van der Waals surface area contributed by atoms with Crippen molar-refractivity contribution in [2.45, 2.75) is 18.3 Å². The van der Waals surface area contributed by atoms with Gasteiger partial charge in [0.2, 0.25) is 0 Å². The summed E-state index contributed by atoms with van der Waals surface area (Å²) in [6.07, 6.45) is -4.63. The average molecular weight is 162 g/mol. The third-order valence-electron chi connectivity index (χ3n) is 1.07. The molecule has 0 amide bonds. The van der Waals surface area contributed by atoms with Crippen LogP contribution in [0.5, 0.6) is 0 Å². The number of hydrogen-bond donors (Lipinski definition) is 4. The highest BCUT2D eigenvalue weighted by atomic mass is 16.4. The Bertz CT molecular complexity index is 105. The van der Waals surface area contributed by atoms with Crippen molar-refractivity contribution in [3.05, 3.63) is 7.43 Å². The van der Waals surface area contributed by atoms with Gasteiger partial charge in [0.25, 0.3) is 0 Å². The topological polar surface area (TPSA) is 98.0 Å². The van der Waals surface area contributed by atoms with Crippen molar-refractivity contribution >= 4 is 6.29 Å². The van der Waals surface area contributed by atoms with E-state index >= 15 is 0 Å². The molecule has 0 saturated carbocycles. The molecule has 0 aliphatic carbocycles. The van der Waals surface area contributed by atoms with Crippen molar-refractivity contribution in [2.24, 2.45) is 0 Å². The second kappa shape index (κ2) is 6.23. The summed E-state index contributed by atoms with van der Waals surface area (Å²) in [6, 6.07) is 0. The molecule has 5 heteroatoms. The van der Waals surface area contributed by atoms with E-state index in [2.05, 4.69) is 0 Å². The van der Waals surface area contributed by atoms with Crippen LogP contribution in [0.25, 0.3) is 0 Å². The van der Waals surface area contributed by atoms with Crippen LogP contribution in [0.1, 0.15) is 0 Å². The zero-order valence-corrected chi connectivity index (χ0v) is 5.71. The first-order chi connectivity index (χ1) is 4.63. The Morgan fingerprint density at radius 2 is 1.73 bits per heavy atom. The molecule has 4 N–H and O–H groups in total. The fraction of sp³-hybridized carbons (Fsp3) is 0.667. The van der Waals surface area contributed by atoms with E-state index in [1.807, 2.05) is 0 Å². The normalized spacial score (nSPS) is 17.8. The minimum absolute atomic E-state index is 0. The van der Waals surface area contributed by atoms with E-state index in [1.54, 1.807) is 0 Å². The Kier molecular flexibility index (Phi) is 7.44. The average Bonchev–Trinajstić information content (AvgIpc) is 2.00. The summed E-state index contributed by atoms with van der Waals surface area (Å²) < 4.78 is 0. The predicted octanol–water partition coefficient (Wildman–Crippen LogP) is -2.66. The minimum atomic E-state index is -1.64. The van der Waals surface area contributed by atoms with Gasteiger partial charge in [-0.2, -0.15) is 0 Å². The Morgan fingerprint density at radius 3 is 2.00 bits per heavy atom. The van der Waals surface area contributed by atoms with Crippen LogP contribution in [-0.2, 0) is 4.79 Å². The van der Waals surface area contributed by atoms with Crippen LogP contribution in [0, 0.1) is 7.43 Å². The van der Waals surface area contributed by atoms with E-state index in [4.69, 9.17) is 20.4 Å². The van der Waals surface area contributed by atoms with Crippen molar-refractivity contribution < 1.29 is 25.2 Å². The van der Waals surface area contributed by atoms with E-state index < -0.39 is 24.9 Å². The summed E-state index contributed by atoms with van der Waals surface area (Å²) in [6.45, 7) is -0.688. The molecule has 0 heterocycles. The van der Waals surface area contributed by atoms with Gasteiger partial charge in [-0.25, -0.2) is 0 Å². The first-order valence-corrected chi connectivity index (χ1v) is 2.73. The van der Waals surface area contributed by atoms with Crippen molar-refractivity contribution in [3.63, 3.8) is 0 Å². The third kappa shape index (κ3) is 4.05. The fourth-order valence-corrected chi connectivity index (χ4v) is 0.416. The Morgan fingerprint density at radius 1 is 1.27 bits per heavy atom. The number of carbonyl (C=O) groups is 1. The van der Waals surface area contributed by atoms with Gasteiger partial charge in [0.15, 0.2) is 6.29 Å². The van der Waals surface area contributed by atoms with Crippen LogP contribution in [-0.4, -0.2) is 51.6 Å². The third-order valence-corrected chi connectivity index (χ3v) is 1.07. The molecule has 0 rings (SSSR count). The van der Waals surface area contributed by atoms with Crippen LogP contribution in [0.4, 0.5) is 0 Å². The number of aliphatic hydroxyl groups is 4. The summed E-state index contributed by atoms with van der Waals surface area (Å²) in [5.74, 6) is 0. The van der Waals surface area contributed by atoms with Crippen LogP contribution >= 0.6 is 0 Å². The lowest BCUT2D eigenvalue weighted by Crippen LogP contribution is -2.40. The molecule has 5 nitrogen and oxygen atoms in total. The van der Waals surface area contributed by atoms with Crippen molar-refractivity contribution in [2.75, 3.05) is 6.61 Å². The van der Waals surface area contributed by atoms with Gasteiger partial charge in [0.1, 0.15) is 18.3 Å². The predicted molar refractivity (Wildman–Crippen MR) is 34.4 cm³/mol. The first kappa shape index (κ1) is 13.1. The van der Waals surface area contributed by atoms with E-state index in [9.17, 15) is 4.79 Å². The van der Waals surface area contributed by atoms with Gasteiger partial charge >= 0.3 is 0 Å². The maximum Gasteiger partial charge on any atom is 0.151 e. The number of carbonyl (C=O) groups excluding carboxylic acids is 1. The number of rotatable bonds is 4. The molecule has 0 aromatic heterocycles. The lowest BCUT2D eigenvalue weighted by Gasteiger charge is -2.16. The van der Waals surface area contributed by atoms with Gasteiger partial charge < -0.3 is 25.2 Å². The molecule has 3 atom stereocenters. The minimum Gasteiger partial charge on any atom is -0.394 e.